The summed E-state index contributed by atoms with van der Waals surface area (Å²) in [6, 6.07) is 11.4. The molecule has 2 heterocycles. The molecule has 5 rings (SSSR count). The summed E-state index contributed by atoms with van der Waals surface area (Å²) in [6.07, 6.45) is 4.27. The van der Waals surface area contributed by atoms with Gasteiger partial charge in [-0.3, -0.25) is 4.79 Å². The van der Waals surface area contributed by atoms with E-state index in [-0.39, 0.29) is 12.2 Å². The molecule has 2 aromatic heterocycles. The third-order valence-corrected chi connectivity index (χ3v) is 8.34. The first kappa shape index (κ1) is 24.2. The van der Waals surface area contributed by atoms with Gasteiger partial charge in [-0.25, -0.2) is 4.98 Å². The first-order chi connectivity index (χ1) is 17.0. The van der Waals surface area contributed by atoms with Crippen LogP contribution < -0.4 is 15.2 Å². The summed E-state index contributed by atoms with van der Waals surface area (Å²) in [6.45, 7) is 6.26. The molecule has 1 N–H and O–H groups in total. The van der Waals surface area contributed by atoms with Crippen molar-refractivity contribution in [2.75, 3.05) is 18.0 Å². The molecule has 4 aromatic rings. The zero-order valence-electron chi connectivity index (χ0n) is 19.8. The topological polar surface area (TPSA) is 58.2 Å². The average molecular weight is 529 g/mol. The van der Waals surface area contributed by atoms with Crippen LogP contribution >= 0.6 is 34.5 Å². The third-order valence-electron chi connectivity index (χ3n) is 6.57. The molecule has 1 aliphatic carbocycles. The van der Waals surface area contributed by atoms with Crippen LogP contribution in [0.5, 0.6) is 5.75 Å². The van der Waals surface area contributed by atoms with E-state index in [9.17, 15) is 4.79 Å². The monoisotopic (exact) mass is 527 g/mol. The van der Waals surface area contributed by atoms with Crippen molar-refractivity contribution in [3.63, 3.8) is 0 Å². The molecule has 0 fully saturated rings. The molecule has 0 bridgehead atoms. The SMILES string of the molecule is CCN(CC)c1ccc(-c2nc3sc4c(c3c(=O)[nH]2)CCCC4)c(OCc2ccc(Cl)cc2Cl)c1. The van der Waals surface area contributed by atoms with Crippen LogP contribution in [0.1, 0.15) is 42.7 Å². The number of thiophene rings is 1. The maximum absolute atomic E-state index is 13.2. The number of halogens is 2. The van der Waals surface area contributed by atoms with Crippen LogP contribution in [0.15, 0.2) is 41.2 Å². The molecule has 1 aliphatic rings. The molecular formula is C27H27Cl2N3O2S. The second-order valence-corrected chi connectivity index (χ2v) is 10.6. The molecule has 0 saturated heterocycles. The first-order valence-electron chi connectivity index (χ1n) is 12.0. The number of hydrogen-bond donors (Lipinski definition) is 1. The van der Waals surface area contributed by atoms with Gasteiger partial charge in [0, 0.05) is 45.3 Å². The number of fused-ring (bicyclic) bond motifs is 3. The highest BCUT2D eigenvalue weighted by Crippen LogP contribution is 2.37. The van der Waals surface area contributed by atoms with E-state index in [0.717, 1.165) is 59.4 Å². The van der Waals surface area contributed by atoms with Gasteiger partial charge in [0.2, 0.25) is 0 Å². The quantitative estimate of drug-likeness (QED) is 0.274. The first-order valence-corrected chi connectivity index (χ1v) is 13.6. The number of benzene rings is 2. The van der Waals surface area contributed by atoms with Crippen molar-refractivity contribution in [3.8, 4) is 17.1 Å². The van der Waals surface area contributed by atoms with Crippen LogP contribution in [0.2, 0.25) is 10.0 Å². The van der Waals surface area contributed by atoms with E-state index in [1.807, 2.05) is 24.3 Å². The van der Waals surface area contributed by atoms with E-state index in [2.05, 4.69) is 23.7 Å². The Bertz CT molecular complexity index is 1440. The standard InChI is InChI=1S/C27H27Cl2N3O2S/c1-3-32(4-2)18-11-12-19(22(14-18)34-15-16-9-10-17(28)13-21(16)29)25-30-26(33)24-20-7-5-6-8-23(20)35-27(24)31-25/h9-14H,3-8,15H2,1-2H3,(H,30,31,33). The minimum Gasteiger partial charge on any atom is -0.488 e. The van der Waals surface area contributed by atoms with Crippen molar-refractivity contribution in [3.05, 3.63) is 72.8 Å². The maximum Gasteiger partial charge on any atom is 0.260 e. The molecule has 2 aromatic carbocycles. The van der Waals surface area contributed by atoms with Crippen LogP contribution in [-0.2, 0) is 19.4 Å². The van der Waals surface area contributed by atoms with E-state index >= 15 is 0 Å². The largest absolute Gasteiger partial charge is 0.488 e. The number of nitrogens with zero attached hydrogens (tertiary/aromatic N) is 2. The Balaban J connectivity index is 1.58. The molecule has 0 radical (unpaired) electrons. The number of aromatic nitrogens is 2. The number of hydrogen-bond acceptors (Lipinski definition) is 5. The second-order valence-electron chi connectivity index (χ2n) is 8.68. The predicted octanol–water partition coefficient (Wildman–Crippen LogP) is 7.26. The van der Waals surface area contributed by atoms with Crippen LogP contribution in [0.4, 0.5) is 5.69 Å². The Morgan fingerprint density at radius 1 is 1.09 bits per heavy atom. The Labute approximate surface area is 218 Å². The smallest absolute Gasteiger partial charge is 0.260 e. The fraction of sp³-hybridized carbons (Fsp3) is 0.333. The normalized spacial score (nSPS) is 13.1. The summed E-state index contributed by atoms with van der Waals surface area (Å²) >= 11 is 14.1. The van der Waals surface area contributed by atoms with Crippen LogP contribution in [0, 0.1) is 0 Å². The highest BCUT2D eigenvalue weighted by atomic mass is 35.5. The summed E-state index contributed by atoms with van der Waals surface area (Å²) < 4.78 is 6.30. The van der Waals surface area contributed by atoms with Gasteiger partial charge in [-0.05, 0) is 69.4 Å². The summed E-state index contributed by atoms with van der Waals surface area (Å²) in [5.74, 6) is 1.16. The fourth-order valence-electron chi connectivity index (χ4n) is 4.70. The highest BCUT2D eigenvalue weighted by molar-refractivity contribution is 7.18. The molecule has 182 valence electrons. The number of H-pyrrole nitrogens is 1. The number of rotatable bonds is 7. The van der Waals surface area contributed by atoms with Crippen molar-refractivity contribution in [1.29, 1.82) is 0 Å². The molecule has 0 spiro atoms. The number of aromatic amines is 1. The number of nitrogens with one attached hydrogen (secondary N) is 1. The highest BCUT2D eigenvalue weighted by Gasteiger charge is 2.21. The lowest BCUT2D eigenvalue weighted by molar-refractivity contribution is 0.307. The molecule has 0 aliphatic heterocycles. The van der Waals surface area contributed by atoms with Gasteiger partial charge in [-0.1, -0.05) is 29.3 Å². The van der Waals surface area contributed by atoms with Crippen molar-refractivity contribution in [2.45, 2.75) is 46.1 Å². The van der Waals surface area contributed by atoms with Crippen LogP contribution in [0.25, 0.3) is 21.6 Å². The Hall–Kier alpha value is -2.54. The van der Waals surface area contributed by atoms with Gasteiger partial charge in [0.05, 0.1) is 10.9 Å². The molecule has 0 atom stereocenters. The van der Waals surface area contributed by atoms with Gasteiger partial charge < -0.3 is 14.6 Å². The number of ether oxygens (including phenoxy) is 1. The summed E-state index contributed by atoms with van der Waals surface area (Å²) in [5, 5.41) is 1.89. The molecule has 5 nitrogen and oxygen atoms in total. The Morgan fingerprint density at radius 2 is 1.89 bits per heavy atom. The molecule has 8 heteroatoms. The second kappa shape index (κ2) is 10.2. The third kappa shape index (κ3) is 4.80. The minimum absolute atomic E-state index is 0.0797. The summed E-state index contributed by atoms with van der Waals surface area (Å²) in [7, 11) is 0. The van der Waals surface area contributed by atoms with Gasteiger partial charge in [0.1, 0.15) is 23.0 Å². The minimum atomic E-state index is -0.0797. The maximum atomic E-state index is 13.2. The molecule has 35 heavy (non-hydrogen) atoms. The zero-order valence-corrected chi connectivity index (χ0v) is 22.1. The fourth-order valence-corrected chi connectivity index (χ4v) is 6.42. The lowest BCUT2D eigenvalue weighted by Gasteiger charge is -2.23. The van der Waals surface area contributed by atoms with Crippen molar-refractivity contribution >= 4 is 50.4 Å². The van der Waals surface area contributed by atoms with Gasteiger partial charge >= 0.3 is 0 Å². The van der Waals surface area contributed by atoms with Crippen LogP contribution in [0.3, 0.4) is 0 Å². The van der Waals surface area contributed by atoms with Gasteiger partial charge in [-0.2, -0.15) is 0 Å². The van der Waals surface area contributed by atoms with Gasteiger partial charge in [-0.15, -0.1) is 11.3 Å². The van der Waals surface area contributed by atoms with E-state index in [1.165, 1.54) is 16.9 Å². The predicted molar refractivity (Wildman–Crippen MR) is 147 cm³/mol. The summed E-state index contributed by atoms with van der Waals surface area (Å²) in [5.41, 5.74) is 3.73. The number of anilines is 1. The van der Waals surface area contributed by atoms with Gasteiger partial charge in [0.15, 0.2) is 0 Å². The van der Waals surface area contributed by atoms with Crippen molar-refractivity contribution in [2.24, 2.45) is 0 Å². The van der Waals surface area contributed by atoms with Crippen LogP contribution in [-0.4, -0.2) is 23.1 Å². The van der Waals surface area contributed by atoms with E-state index in [1.54, 1.807) is 23.5 Å². The Morgan fingerprint density at radius 3 is 2.66 bits per heavy atom. The van der Waals surface area contributed by atoms with E-state index in [4.69, 9.17) is 32.9 Å². The van der Waals surface area contributed by atoms with E-state index < -0.39 is 0 Å². The van der Waals surface area contributed by atoms with Gasteiger partial charge in [0.25, 0.3) is 5.56 Å². The average Bonchev–Trinajstić information content (AvgIpc) is 3.23. The molecule has 0 unspecified atom stereocenters. The summed E-state index contributed by atoms with van der Waals surface area (Å²) in [4.78, 5) is 25.5. The molecule has 0 amide bonds. The van der Waals surface area contributed by atoms with E-state index in [0.29, 0.717) is 21.6 Å². The van der Waals surface area contributed by atoms with Crippen molar-refractivity contribution in [1.82, 2.24) is 9.97 Å². The number of aryl methyl sites for hydroxylation is 2. The molecular weight excluding hydrogens is 501 g/mol. The Kier molecular flexibility index (Phi) is 7.05. The lowest BCUT2D eigenvalue weighted by atomic mass is 9.97. The van der Waals surface area contributed by atoms with Crippen molar-refractivity contribution < 1.29 is 4.74 Å². The molecule has 0 saturated carbocycles. The lowest BCUT2D eigenvalue weighted by Crippen LogP contribution is -2.21. The zero-order chi connectivity index (χ0) is 24.5.